The minimum Gasteiger partial charge on any atom is -0.468 e. The third kappa shape index (κ3) is 4.87. The average molecular weight is 248 g/mol. The summed E-state index contributed by atoms with van der Waals surface area (Å²) in [7, 11) is 1.17. The monoisotopic (exact) mass is 248 g/mol. The summed E-state index contributed by atoms with van der Waals surface area (Å²) >= 11 is 1.11. The van der Waals surface area contributed by atoms with Crippen LogP contribution in [0.4, 0.5) is 9.59 Å². The summed E-state index contributed by atoms with van der Waals surface area (Å²) in [6.45, 7) is 5.65. The van der Waals surface area contributed by atoms with Gasteiger partial charge in [-0.25, -0.2) is 9.59 Å². The van der Waals surface area contributed by atoms with Gasteiger partial charge < -0.3 is 10.5 Å². The molecule has 8 heteroatoms. The second-order valence-corrected chi connectivity index (χ2v) is 5.44. The van der Waals surface area contributed by atoms with Crippen LogP contribution in [0.25, 0.3) is 0 Å². The van der Waals surface area contributed by atoms with Gasteiger partial charge in [-0.2, -0.15) is 4.90 Å². The highest BCUT2D eigenvalue weighted by atomic mass is 32.2. The minimum atomic E-state index is -1.07. The number of urea groups is 2. The zero-order chi connectivity index (χ0) is 12.9. The Morgan fingerprint density at radius 3 is 2.25 bits per heavy atom. The normalized spacial score (nSPS) is 10.5. The molecule has 7 nitrogen and oxygen atoms in total. The van der Waals surface area contributed by atoms with Crippen LogP contribution in [0.15, 0.2) is 0 Å². The van der Waals surface area contributed by atoms with Crippen LogP contribution in [-0.2, 0) is 4.74 Å². The van der Waals surface area contributed by atoms with Gasteiger partial charge in [-0.15, -0.1) is 0 Å². The Kier molecular flexibility index (Phi) is 5.09. The molecule has 0 aliphatic heterocycles. The number of amidine groups is 1. The fraction of sp³-hybridized carbons (Fsp3) is 0.625. The van der Waals surface area contributed by atoms with Crippen molar-refractivity contribution < 1.29 is 14.3 Å². The summed E-state index contributed by atoms with van der Waals surface area (Å²) in [5.41, 5.74) is 4.95. The van der Waals surface area contributed by atoms with Gasteiger partial charge in [0.05, 0.1) is 7.11 Å². The van der Waals surface area contributed by atoms with Crippen molar-refractivity contribution in [2.45, 2.75) is 25.5 Å². The maximum Gasteiger partial charge on any atom is 0.343 e. The number of hydrogen-bond acceptors (Lipinski definition) is 5. The second kappa shape index (κ2) is 5.59. The number of carbonyl (C=O) groups excluding carboxylic acids is 2. The quantitative estimate of drug-likeness (QED) is 0.367. The van der Waals surface area contributed by atoms with E-state index in [-0.39, 0.29) is 4.75 Å². The highest BCUT2D eigenvalue weighted by molar-refractivity contribution is 7.99. The smallest absolute Gasteiger partial charge is 0.343 e. The Morgan fingerprint density at radius 2 is 1.94 bits per heavy atom. The van der Waals surface area contributed by atoms with Crippen molar-refractivity contribution in [2.75, 3.05) is 7.11 Å². The van der Waals surface area contributed by atoms with E-state index in [0.29, 0.717) is 4.90 Å². The van der Waals surface area contributed by atoms with Crippen LogP contribution in [0.1, 0.15) is 20.8 Å². The second-order valence-electron chi connectivity index (χ2n) is 3.80. The van der Waals surface area contributed by atoms with Gasteiger partial charge in [-0.3, -0.25) is 10.1 Å². The van der Waals surface area contributed by atoms with E-state index in [0.717, 1.165) is 11.9 Å². The maximum atomic E-state index is 11.5. The number of imide groups is 1. The van der Waals surface area contributed by atoms with E-state index < -0.39 is 18.1 Å². The Bertz CT molecular complexity index is 300. The van der Waals surface area contributed by atoms with Crippen LogP contribution >= 0.6 is 11.9 Å². The molecule has 4 amide bonds. The number of primary amides is 1. The number of methoxy groups -OCH3 is 1. The van der Waals surface area contributed by atoms with Gasteiger partial charge in [0.2, 0.25) is 0 Å². The van der Waals surface area contributed by atoms with E-state index in [9.17, 15) is 9.59 Å². The predicted molar refractivity (Wildman–Crippen MR) is 62.0 cm³/mol. The largest absolute Gasteiger partial charge is 0.468 e. The molecule has 0 aromatic rings. The first kappa shape index (κ1) is 14.6. The summed E-state index contributed by atoms with van der Waals surface area (Å²) in [6.07, 6.45) is 0. The van der Waals surface area contributed by atoms with Gasteiger partial charge in [0.15, 0.2) is 0 Å². The lowest BCUT2D eigenvalue weighted by molar-refractivity contribution is 0.203. The van der Waals surface area contributed by atoms with Crippen LogP contribution in [0, 0.1) is 5.41 Å². The van der Waals surface area contributed by atoms with E-state index in [2.05, 4.69) is 9.46 Å². The third-order valence-corrected chi connectivity index (χ3v) is 2.15. The molecule has 0 rings (SSSR count). The summed E-state index contributed by atoms with van der Waals surface area (Å²) in [5, 5.41) is 7.22. The lowest BCUT2D eigenvalue weighted by Crippen LogP contribution is -2.49. The van der Waals surface area contributed by atoms with E-state index in [1.165, 1.54) is 7.11 Å². The van der Waals surface area contributed by atoms with Crippen LogP contribution in [0.5, 0.6) is 0 Å². The van der Waals surface area contributed by atoms with Crippen molar-refractivity contribution in [1.29, 1.82) is 5.41 Å². The molecule has 0 saturated carbocycles. The summed E-state index contributed by atoms with van der Waals surface area (Å²) in [5.74, 6) is 0. The fourth-order valence-electron chi connectivity index (χ4n) is 0.626. The Morgan fingerprint density at radius 1 is 1.44 bits per heavy atom. The van der Waals surface area contributed by atoms with E-state index in [1.807, 2.05) is 20.8 Å². The molecular formula is C8H16N4O3S. The Balaban J connectivity index is 4.53. The molecule has 0 spiro atoms. The van der Waals surface area contributed by atoms with Gasteiger partial charge >= 0.3 is 18.1 Å². The lowest BCUT2D eigenvalue weighted by Gasteiger charge is -2.21. The molecule has 92 valence electrons. The molecule has 0 unspecified atom stereocenters. The van der Waals surface area contributed by atoms with Crippen molar-refractivity contribution in [3.05, 3.63) is 0 Å². The van der Waals surface area contributed by atoms with E-state index in [4.69, 9.17) is 11.1 Å². The van der Waals surface area contributed by atoms with Crippen LogP contribution in [-0.4, -0.2) is 34.8 Å². The van der Waals surface area contributed by atoms with Gasteiger partial charge in [0, 0.05) is 4.75 Å². The van der Waals surface area contributed by atoms with Crippen molar-refractivity contribution in [3.63, 3.8) is 0 Å². The van der Waals surface area contributed by atoms with Crippen molar-refractivity contribution in [1.82, 2.24) is 9.62 Å². The Hall–Kier alpha value is -1.44. The van der Waals surface area contributed by atoms with Gasteiger partial charge in [-0.05, 0) is 32.7 Å². The number of ether oxygens (including phenoxy) is 1. The average Bonchev–Trinajstić information content (AvgIpc) is 2.13. The predicted octanol–water partition coefficient (Wildman–Crippen LogP) is 1.10. The molecule has 0 aliphatic carbocycles. The van der Waals surface area contributed by atoms with Crippen LogP contribution < -0.4 is 10.5 Å². The first-order chi connectivity index (χ1) is 7.19. The zero-order valence-corrected chi connectivity index (χ0v) is 10.5. The zero-order valence-electron chi connectivity index (χ0n) is 9.66. The SMILES string of the molecule is COC(=N)N(C(N)=O)C(=O)NSC(C)(C)C. The minimum absolute atomic E-state index is 0.214. The van der Waals surface area contributed by atoms with Gasteiger partial charge in [0.25, 0.3) is 0 Å². The first-order valence-corrected chi connectivity index (χ1v) is 5.20. The van der Waals surface area contributed by atoms with Crippen molar-refractivity contribution in [2.24, 2.45) is 5.73 Å². The summed E-state index contributed by atoms with van der Waals surface area (Å²) in [4.78, 5) is 22.8. The molecule has 0 bridgehead atoms. The molecule has 16 heavy (non-hydrogen) atoms. The number of carbonyl (C=O) groups is 2. The lowest BCUT2D eigenvalue weighted by atomic mass is 10.3. The fourth-order valence-corrected chi connectivity index (χ4v) is 1.11. The van der Waals surface area contributed by atoms with Crippen molar-refractivity contribution in [3.8, 4) is 0 Å². The molecule has 0 saturated heterocycles. The highest BCUT2D eigenvalue weighted by Gasteiger charge is 2.26. The Labute approximate surface area is 98.3 Å². The summed E-state index contributed by atoms with van der Waals surface area (Å²) in [6, 6.07) is -2.50. The van der Waals surface area contributed by atoms with Gasteiger partial charge in [-0.1, -0.05) is 0 Å². The summed E-state index contributed by atoms with van der Waals surface area (Å²) < 4.78 is 6.65. The van der Waals surface area contributed by atoms with Gasteiger partial charge in [0.1, 0.15) is 0 Å². The molecule has 0 aromatic heterocycles. The maximum absolute atomic E-state index is 11.5. The molecule has 0 aromatic carbocycles. The number of amides is 4. The van der Waals surface area contributed by atoms with Crippen LogP contribution in [0.3, 0.4) is 0 Å². The molecule has 0 aliphatic rings. The highest BCUT2D eigenvalue weighted by Crippen LogP contribution is 2.19. The topological polar surface area (TPSA) is 109 Å². The standard InChI is InChI=1S/C8H16N4O3S/c1-8(2,3)16-11-7(14)12(5(9)13)6(10)15-4/h10H,1-4H3,(H2,9,13)(H,11,14). The van der Waals surface area contributed by atoms with Crippen molar-refractivity contribution >= 4 is 30.0 Å². The number of nitrogens with one attached hydrogen (secondary N) is 2. The molecule has 0 radical (unpaired) electrons. The first-order valence-electron chi connectivity index (χ1n) is 4.39. The van der Waals surface area contributed by atoms with E-state index in [1.54, 1.807) is 0 Å². The number of hydrogen-bond donors (Lipinski definition) is 3. The molecule has 0 heterocycles. The molecule has 0 fully saturated rings. The molecule has 0 atom stereocenters. The number of rotatable bonds is 1. The number of nitrogens with two attached hydrogens (primary N) is 1. The molecule has 4 N–H and O–H groups in total. The third-order valence-electron chi connectivity index (χ3n) is 1.26. The van der Waals surface area contributed by atoms with Crippen LogP contribution in [0.2, 0.25) is 0 Å². The number of nitrogens with zero attached hydrogens (tertiary/aromatic N) is 1. The molecular weight excluding hydrogens is 232 g/mol. The van der Waals surface area contributed by atoms with E-state index >= 15 is 0 Å².